The van der Waals surface area contributed by atoms with Crippen LogP contribution < -0.4 is 15.8 Å². The van der Waals surface area contributed by atoms with Crippen molar-refractivity contribution in [3.8, 4) is 6.07 Å². The number of nitrogens with two attached hydrogens (primary N) is 1. The summed E-state index contributed by atoms with van der Waals surface area (Å²) < 4.78 is 31.7. The monoisotopic (exact) mass is 487 g/mol. The Bertz CT molecular complexity index is 1280. The van der Waals surface area contributed by atoms with Crippen LogP contribution in [0, 0.1) is 11.3 Å². The third kappa shape index (κ3) is 6.84. The molecule has 0 aliphatic heterocycles. The Kier molecular flexibility index (Phi) is 7.73. The van der Waals surface area contributed by atoms with Crippen LogP contribution in [0.15, 0.2) is 53.4 Å². The Hall–Kier alpha value is -3.79. The van der Waals surface area contributed by atoms with E-state index in [-0.39, 0.29) is 47.8 Å². The molecule has 0 bridgehead atoms. The number of rotatable bonds is 9. The first-order valence-corrected chi connectivity index (χ1v) is 11.3. The Morgan fingerprint density at radius 2 is 1.79 bits per heavy atom. The van der Waals surface area contributed by atoms with Gasteiger partial charge in [-0.15, -0.1) is 0 Å². The Labute approximate surface area is 194 Å². The molecule has 0 radical (unpaired) electrons. The lowest BCUT2D eigenvalue weighted by molar-refractivity contribution is 0.0462. The number of nitrogens with one attached hydrogen (secondary N) is 2. The van der Waals surface area contributed by atoms with Gasteiger partial charge in [0.25, 0.3) is 0 Å². The number of esters is 1. The van der Waals surface area contributed by atoms with Crippen LogP contribution in [0.5, 0.6) is 0 Å². The van der Waals surface area contributed by atoms with E-state index in [0.717, 1.165) is 0 Å². The number of hydrogen-bond acceptors (Lipinski definition) is 10. The minimum absolute atomic E-state index is 0.00739. The van der Waals surface area contributed by atoms with Gasteiger partial charge in [-0.3, -0.25) is 0 Å². The van der Waals surface area contributed by atoms with Gasteiger partial charge in [-0.1, -0.05) is 11.6 Å². The molecule has 11 nitrogen and oxygen atoms in total. The van der Waals surface area contributed by atoms with E-state index >= 15 is 0 Å². The van der Waals surface area contributed by atoms with Gasteiger partial charge in [0, 0.05) is 23.7 Å². The number of benzene rings is 2. The molecule has 3 rings (SSSR count). The van der Waals surface area contributed by atoms with Crippen LogP contribution in [0.25, 0.3) is 0 Å². The van der Waals surface area contributed by atoms with E-state index in [4.69, 9.17) is 27.3 Å². The highest BCUT2D eigenvalue weighted by Gasteiger charge is 2.15. The molecule has 2 aromatic carbocycles. The van der Waals surface area contributed by atoms with Gasteiger partial charge in [-0.05, 0) is 48.5 Å². The van der Waals surface area contributed by atoms with Crippen molar-refractivity contribution in [2.75, 3.05) is 17.6 Å². The number of anilines is 3. The van der Waals surface area contributed by atoms with Gasteiger partial charge in [-0.2, -0.15) is 20.2 Å². The Morgan fingerprint density at radius 1 is 1.09 bits per heavy atom. The number of sulfonamides is 1. The first-order chi connectivity index (χ1) is 15.8. The zero-order valence-electron chi connectivity index (χ0n) is 17.0. The summed E-state index contributed by atoms with van der Waals surface area (Å²) in [6.07, 6.45) is 0.0438. The van der Waals surface area contributed by atoms with Gasteiger partial charge >= 0.3 is 5.97 Å². The highest BCUT2D eigenvalue weighted by atomic mass is 35.5. The predicted octanol–water partition coefficient (Wildman–Crippen LogP) is 2.40. The molecular formula is C20H18ClN7O4S. The van der Waals surface area contributed by atoms with Crippen molar-refractivity contribution in [2.24, 2.45) is 0 Å². The molecule has 0 aliphatic carbocycles. The second kappa shape index (κ2) is 10.7. The second-order valence-electron chi connectivity index (χ2n) is 6.47. The predicted molar refractivity (Wildman–Crippen MR) is 120 cm³/mol. The summed E-state index contributed by atoms with van der Waals surface area (Å²) in [5, 5.41) is 12.0. The topological polar surface area (TPSA) is 173 Å². The molecule has 170 valence electrons. The summed E-state index contributed by atoms with van der Waals surface area (Å²) >= 11 is 5.86. The summed E-state index contributed by atoms with van der Waals surface area (Å²) in [5.74, 6) is -0.490. The number of ether oxygens (including phenoxy) is 1. The first-order valence-electron chi connectivity index (χ1n) is 9.43. The highest BCUT2D eigenvalue weighted by Crippen LogP contribution is 2.17. The largest absolute Gasteiger partial charge is 0.454 e. The SMILES string of the molecule is N#CCCNS(=O)(=O)c1ccc(C(=O)OCc2nc(N)nc(Nc3ccc(Cl)cc3)n2)cc1. The minimum atomic E-state index is -3.78. The van der Waals surface area contributed by atoms with E-state index in [1.807, 2.05) is 6.07 Å². The molecular weight excluding hydrogens is 470 g/mol. The molecule has 0 fully saturated rings. The summed E-state index contributed by atoms with van der Waals surface area (Å²) in [6, 6.07) is 13.8. The maximum absolute atomic E-state index is 12.3. The number of nitrogen functional groups attached to an aromatic ring is 1. The summed E-state index contributed by atoms with van der Waals surface area (Å²) in [5.41, 5.74) is 6.51. The molecule has 13 heteroatoms. The van der Waals surface area contributed by atoms with E-state index in [1.54, 1.807) is 24.3 Å². The van der Waals surface area contributed by atoms with Crippen molar-refractivity contribution in [2.45, 2.75) is 17.9 Å². The van der Waals surface area contributed by atoms with Crippen LogP contribution in [0.2, 0.25) is 5.02 Å². The average Bonchev–Trinajstić information content (AvgIpc) is 2.79. The zero-order chi connectivity index (χ0) is 23.8. The molecule has 0 spiro atoms. The van der Waals surface area contributed by atoms with Crippen molar-refractivity contribution in [1.29, 1.82) is 5.26 Å². The number of nitriles is 1. The van der Waals surface area contributed by atoms with Crippen LogP contribution >= 0.6 is 11.6 Å². The van der Waals surface area contributed by atoms with E-state index in [1.165, 1.54) is 24.3 Å². The maximum atomic E-state index is 12.3. The smallest absolute Gasteiger partial charge is 0.338 e. The third-order valence-corrected chi connectivity index (χ3v) is 5.79. The summed E-state index contributed by atoms with van der Waals surface area (Å²) in [4.78, 5) is 24.4. The van der Waals surface area contributed by atoms with Crippen molar-refractivity contribution in [1.82, 2.24) is 19.7 Å². The third-order valence-electron chi connectivity index (χ3n) is 4.06. The summed E-state index contributed by atoms with van der Waals surface area (Å²) in [6.45, 7) is -0.289. The van der Waals surface area contributed by atoms with Gasteiger partial charge in [-0.25, -0.2) is 17.9 Å². The number of nitrogens with zero attached hydrogens (tertiary/aromatic N) is 4. The van der Waals surface area contributed by atoms with Crippen LogP contribution in [0.4, 0.5) is 17.6 Å². The van der Waals surface area contributed by atoms with E-state index in [9.17, 15) is 13.2 Å². The lowest BCUT2D eigenvalue weighted by Crippen LogP contribution is -2.24. The number of carbonyl (C=O) groups is 1. The van der Waals surface area contributed by atoms with E-state index in [2.05, 4.69) is 25.0 Å². The molecule has 0 aliphatic rings. The number of carbonyl (C=O) groups excluding carboxylic acids is 1. The molecule has 3 aromatic rings. The number of halogens is 1. The van der Waals surface area contributed by atoms with Gasteiger partial charge in [0.2, 0.25) is 21.9 Å². The summed E-state index contributed by atoms with van der Waals surface area (Å²) in [7, 11) is -3.78. The van der Waals surface area contributed by atoms with Crippen molar-refractivity contribution < 1.29 is 17.9 Å². The lowest BCUT2D eigenvalue weighted by atomic mass is 10.2. The Morgan fingerprint density at radius 3 is 2.45 bits per heavy atom. The van der Waals surface area contributed by atoms with E-state index in [0.29, 0.717) is 10.7 Å². The van der Waals surface area contributed by atoms with Crippen molar-refractivity contribution in [3.63, 3.8) is 0 Å². The fourth-order valence-corrected chi connectivity index (χ4v) is 3.69. The molecule has 1 aromatic heterocycles. The van der Waals surface area contributed by atoms with Gasteiger partial charge < -0.3 is 15.8 Å². The van der Waals surface area contributed by atoms with Crippen LogP contribution in [-0.4, -0.2) is 35.9 Å². The van der Waals surface area contributed by atoms with Crippen molar-refractivity contribution in [3.05, 3.63) is 64.9 Å². The molecule has 0 atom stereocenters. The second-order valence-corrected chi connectivity index (χ2v) is 8.68. The fourth-order valence-electron chi connectivity index (χ4n) is 2.53. The fraction of sp³-hybridized carbons (Fsp3) is 0.150. The van der Waals surface area contributed by atoms with Crippen molar-refractivity contribution >= 4 is 45.2 Å². The van der Waals surface area contributed by atoms with Gasteiger partial charge in [0.1, 0.15) is 0 Å². The first kappa shape index (κ1) is 23.9. The molecule has 0 saturated carbocycles. The quantitative estimate of drug-likeness (QED) is 0.300. The normalized spacial score (nSPS) is 10.9. The standard InChI is InChI=1S/C20H18ClN7O4S/c21-14-4-6-15(7-5-14)25-20-27-17(26-19(23)28-20)12-32-18(29)13-2-8-16(9-3-13)33(30,31)24-11-1-10-22/h2-9,24H,1,11-12H2,(H3,23,25,26,27,28). The zero-order valence-corrected chi connectivity index (χ0v) is 18.6. The molecule has 0 saturated heterocycles. The Balaban J connectivity index is 1.63. The average molecular weight is 488 g/mol. The molecule has 0 unspecified atom stereocenters. The van der Waals surface area contributed by atoms with Gasteiger partial charge in [0.15, 0.2) is 12.4 Å². The number of aromatic nitrogens is 3. The van der Waals surface area contributed by atoms with E-state index < -0.39 is 16.0 Å². The molecule has 33 heavy (non-hydrogen) atoms. The lowest BCUT2D eigenvalue weighted by Gasteiger charge is -2.09. The minimum Gasteiger partial charge on any atom is -0.454 e. The van der Waals surface area contributed by atoms with Crippen LogP contribution in [0.1, 0.15) is 22.6 Å². The highest BCUT2D eigenvalue weighted by molar-refractivity contribution is 7.89. The molecule has 0 amide bonds. The number of hydrogen-bond donors (Lipinski definition) is 3. The molecule has 4 N–H and O–H groups in total. The maximum Gasteiger partial charge on any atom is 0.338 e. The van der Waals surface area contributed by atoms with Gasteiger partial charge in [0.05, 0.1) is 16.5 Å². The molecule has 1 heterocycles. The van der Waals surface area contributed by atoms with Crippen LogP contribution in [-0.2, 0) is 21.4 Å². The van der Waals surface area contributed by atoms with Crippen LogP contribution in [0.3, 0.4) is 0 Å².